The maximum Gasteiger partial charge on any atom is 0.410 e. The Bertz CT molecular complexity index is 1140. The van der Waals surface area contributed by atoms with Crippen molar-refractivity contribution in [1.82, 2.24) is 14.8 Å². The molecule has 3 aliphatic rings. The second-order valence-electron chi connectivity index (χ2n) is 7.99. The van der Waals surface area contributed by atoms with Gasteiger partial charge in [-0.15, -0.1) is 0 Å². The molecule has 0 aliphatic carbocycles. The Morgan fingerprint density at radius 3 is 2.83 bits per heavy atom. The van der Waals surface area contributed by atoms with Gasteiger partial charge < -0.3 is 14.5 Å². The number of aromatic nitrogens is 1. The SMILES string of the molecule is CC(C)OC(=O)N1CC2CC1[C@@H]1C(=O)N(c3ccc(C#N)c4ncccc34)C(=O)N21. The third-order valence-electron chi connectivity index (χ3n) is 5.94. The molecule has 4 amide bonds. The van der Waals surface area contributed by atoms with Crippen LogP contribution >= 0.6 is 0 Å². The maximum atomic E-state index is 13.4. The summed E-state index contributed by atoms with van der Waals surface area (Å²) < 4.78 is 5.31. The molecular weight excluding hydrogens is 386 g/mol. The molecule has 2 unspecified atom stereocenters. The van der Waals surface area contributed by atoms with Crippen LogP contribution in [0.4, 0.5) is 15.3 Å². The number of nitrogens with zero attached hydrogens (tertiary/aromatic N) is 5. The second-order valence-corrected chi connectivity index (χ2v) is 7.99. The standard InChI is InChI=1S/C21H19N5O4/c1-11(2)30-21(29)24-10-13-8-16(24)18-19(27)26(20(28)25(13)18)15-6-5-12(9-22)17-14(15)4-3-7-23-17/h3-7,11,13,16,18H,8,10H2,1-2H3/t13?,16?,18-/m1/s1. The Morgan fingerprint density at radius 2 is 2.10 bits per heavy atom. The number of ether oxygens (including phenoxy) is 1. The number of carbonyl (C=O) groups is 3. The molecule has 4 heterocycles. The second kappa shape index (κ2) is 6.42. The van der Waals surface area contributed by atoms with E-state index in [0.717, 1.165) is 4.90 Å². The monoisotopic (exact) mass is 405 g/mol. The van der Waals surface area contributed by atoms with Crippen LogP contribution < -0.4 is 4.90 Å². The van der Waals surface area contributed by atoms with Gasteiger partial charge in [-0.3, -0.25) is 9.78 Å². The van der Waals surface area contributed by atoms with Crippen LogP contribution in [0.15, 0.2) is 30.5 Å². The van der Waals surface area contributed by atoms with E-state index in [1.807, 2.05) is 0 Å². The molecule has 2 aromatic rings. The van der Waals surface area contributed by atoms with Crippen molar-refractivity contribution in [2.24, 2.45) is 0 Å². The van der Waals surface area contributed by atoms with E-state index in [1.165, 1.54) is 0 Å². The van der Waals surface area contributed by atoms with E-state index in [2.05, 4.69) is 11.1 Å². The van der Waals surface area contributed by atoms with Crippen LogP contribution in [-0.2, 0) is 9.53 Å². The van der Waals surface area contributed by atoms with E-state index >= 15 is 0 Å². The highest BCUT2D eigenvalue weighted by molar-refractivity contribution is 6.25. The molecule has 152 valence electrons. The quantitative estimate of drug-likeness (QED) is 0.710. The molecule has 1 aromatic heterocycles. The number of urea groups is 1. The minimum atomic E-state index is -0.724. The summed E-state index contributed by atoms with van der Waals surface area (Å²) in [6.07, 6.45) is 1.42. The summed E-state index contributed by atoms with van der Waals surface area (Å²) in [6.45, 7) is 3.90. The first-order valence-corrected chi connectivity index (χ1v) is 9.83. The van der Waals surface area contributed by atoms with Gasteiger partial charge in [0.15, 0.2) is 0 Å². The van der Waals surface area contributed by atoms with Crippen LogP contribution in [0.25, 0.3) is 10.9 Å². The van der Waals surface area contributed by atoms with E-state index in [-0.39, 0.29) is 18.1 Å². The van der Waals surface area contributed by atoms with Gasteiger partial charge in [0.25, 0.3) is 5.91 Å². The Hall–Kier alpha value is -3.67. The molecule has 30 heavy (non-hydrogen) atoms. The summed E-state index contributed by atoms with van der Waals surface area (Å²) in [6, 6.07) is 6.96. The first-order chi connectivity index (χ1) is 14.4. The fraction of sp³-hybridized carbons (Fsp3) is 0.381. The van der Waals surface area contributed by atoms with Crippen molar-refractivity contribution < 1.29 is 19.1 Å². The lowest BCUT2D eigenvalue weighted by atomic mass is 10.1. The van der Waals surface area contributed by atoms with E-state index in [0.29, 0.717) is 35.1 Å². The van der Waals surface area contributed by atoms with Crippen LogP contribution in [-0.4, -0.2) is 63.6 Å². The molecule has 0 N–H and O–H groups in total. The molecule has 5 rings (SSSR count). The smallest absolute Gasteiger partial charge is 0.410 e. The van der Waals surface area contributed by atoms with Crippen molar-refractivity contribution in [3.63, 3.8) is 0 Å². The first kappa shape index (κ1) is 18.4. The Labute approximate surface area is 172 Å². The number of imide groups is 1. The molecule has 3 fully saturated rings. The fourth-order valence-corrected chi connectivity index (χ4v) is 4.80. The zero-order chi connectivity index (χ0) is 21.2. The van der Waals surface area contributed by atoms with Crippen molar-refractivity contribution in [3.05, 3.63) is 36.0 Å². The minimum Gasteiger partial charge on any atom is -0.447 e. The maximum absolute atomic E-state index is 13.4. The Morgan fingerprint density at radius 1 is 1.30 bits per heavy atom. The summed E-state index contributed by atoms with van der Waals surface area (Å²) in [5, 5.41) is 9.91. The molecule has 0 spiro atoms. The number of carbonyl (C=O) groups excluding carboxylic acids is 3. The largest absolute Gasteiger partial charge is 0.447 e. The number of hydrogen-bond donors (Lipinski definition) is 0. The van der Waals surface area contributed by atoms with Crippen molar-refractivity contribution in [2.75, 3.05) is 11.4 Å². The van der Waals surface area contributed by atoms with Gasteiger partial charge in [-0.25, -0.2) is 14.5 Å². The van der Waals surface area contributed by atoms with Crippen LogP contribution in [0.5, 0.6) is 0 Å². The minimum absolute atomic E-state index is 0.219. The van der Waals surface area contributed by atoms with Gasteiger partial charge in [0.1, 0.15) is 12.1 Å². The molecule has 0 radical (unpaired) electrons. The third kappa shape index (κ3) is 2.40. The number of likely N-dealkylation sites (tertiary alicyclic amines) is 1. The summed E-state index contributed by atoms with van der Waals surface area (Å²) in [5.41, 5.74) is 1.21. The van der Waals surface area contributed by atoms with Gasteiger partial charge in [-0.2, -0.15) is 5.26 Å². The molecule has 1 aromatic carbocycles. The van der Waals surface area contributed by atoms with Gasteiger partial charge in [0, 0.05) is 18.1 Å². The average molecular weight is 405 g/mol. The highest BCUT2D eigenvalue weighted by Gasteiger charge is 2.63. The van der Waals surface area contributed by atoms with Gasteiger partial charge in [-0.05, 0) is 44.5 Å². The van der Waals surface area contributed by atoms with Gasteiger partial charge in [-0.1, -0.05) is 0 Å². The lowest BCUT2D eigenvalue weighted by Crippen LogP contribution is -2.55. The summed E-state index contributed by atoms with van der Waals surface area (Å²) >= 11 is 0. The molecule has 3 aliphatic heterocycles. The van der Waals surface area contributed by atoms with Gasteiger partial charge >= 0.3 is 12.1 Å². The van der Waals surface area contributed by atoms with Crippen LogP contribution in [0.1, 0.15) is 25.8 Å². The average Bonchev–Trinajstić information content (AvgIpc) is 3.38. The number of rotatable bonds is 2. The Balaban J connectivity index is 1.53. The number of amides is 4. The van der Waals surface area contributed by atoms with Gasteiger partial charge in [0.2, 0.25) is 0 Å². The van der Waals surface area contributed by atoms with E-state index in [4.69, 9.17) is 4.74 Å². The lowest BCUT2D eigenvalue weighted by molar-refractivity contribution is -0.121. The lowest BCUT2D eigenvalue weighted by Gasteiger charge is -2.34. The number of piperazine rings is 1. The summed E-state index contributed by atoms with van der Waals surface area (Å²) in [7, 11) is 0. The number of fused-ring (bicyclic) bond motifs is 6. The molecular formula is C21H19N5O4. The van der Waals surface area contributed by atoms with Crippen molar-refractivity contribution in [2.45, 2.75) is 44.5 Å². The molecule has 3 saturated heterocycles. The van der Waals surface area contributed by atoms with E-state index < -0.39 is 24.2 Å². The fourth-order valence-electron chi connectivity index (χ4n) is 4.80. The Kier molecular flexibility index (Phi) is 3.93. The zero-order valence-electron chi connectivity index (χ0n) is 16.5. The molecule has 3 atom stereocenters. The van der Waals surface area contributed by atoms with Crippen molar-refractivity contribution in [1.29, 1.82) is 5.26 Å². The van der Waals surface area contributed by atoms with Gasteiger partial charge in [0.05, 0.1) is 35.0 Å². The molecule has 9 heteroatoms. The molecule has 0 saturated carbocycles. The predicted octanol–water partition coefficient (Wildman–Crippen LogP) is 2.25. The highest BCUT2D eigenvalue weighted by Crippen LogP contribution is 2.43. The summed E-state index contributed by atoms with van der Waals surface area (Å²) in [5.74, 6) is -0.371. The number of hydrogen-bond acceptors (Lipinski definition) is 6. The number of pyridine rings is 1. The van der Waals surface area contributed by atoms with Crippen LogP contribution in [0.3, 0.4) is 0 Å². The van der Waals surface area contributed by atoms with Crippen LogP contribution in [0, 0.1) is 11.3 Å². The number of anilines is 1. The topological polar surface area (TPSA) is 107 Å². The third-order valence-corrected chi connectivity index (χ3v) is 5.94. The highest BCUT2D eigenvalue weighted by atomic mass is 16.6. The first-order valence-electron chi connectivity index (χ1n) is 9.83. The van der Waals surface area contributed by atoms with Crippen molar-refractivity contribution in [3.8, 4) is 6.07 Å². The van der Waals surface area contributed by atoms with E-state index in [9.17, 15) is 19.6 Å². The molecule has 9 nitrogen and oxygen atoms in total. The summed E-state index contributed by atoms with van der Waals surface area (Å²) in [4.78, 5) is 47.7. The van der Waals surface area contributed by atoms with Crippen LogP contribution in [0.2, 0.25) is 0 Å². The zero-order valence-corrected chi connectivity index (χ0v) is 16.5. The number of nitriles is 1. The normalized spacial score (nSPS) is 24.7. The molecule has 2 bridgehead atoms. The predicted molar refractivity (Wildman–Crippen MR) is 105 cm³/mol. The van der Waals surface area contributed by atoms with E-state index in [1.54, 1.807) is 54.1 Å². The number of benzene rings is 1. The van der Waals surface area contributed by atoms with Crippen molar-refractivity contribution >= 4 is 34.6 Å².